The minimum atomic E-state index is -0.0513. The van der Waals surface area contributed by atoms with Gasteiger partial charge in [0.25, 0.3) is 0 Å². The molecule has 1 atom stereocenters. The Hall–Kier alpha value is -3.39. The van der Waals surface area contributed by atoms with Crippen LogP contribution in [0, 0.1) is 6.92 Å². The number of fused-ring (bicyclic) bond motifs is 2. The fourth-order valence-electron chi connectivity index (χ4n) is 4.82. The van der Waals surface area contributed by atoms with Gasteiger partial charge in [0.05, 0.1) is 19.9 Å². The average molecular weight is 466 g/mol. The van der Waals surface area contributed by atoms with Crippen LogP contribution in [0.3, 0.4) is 0 Å². The number of aromatic amines is 1. The number of oxime groups is 1. The Labute approximate surface area is 199 Å². The van der Waals surface area contributed by atoms with Gasteiger partial charge in [-0.2, -0.15) is 0 Å². The van der Waals surface area contributed by atoms with E-state index in [0.29, 0.717) is 29.4 Å². The standard InChI is InChI=1S/C26H31N3O5/c1-16-20(21-7-4-5-9-22(21)28-16)8-6-10-27-14-18-13-19(34-29-18)11-17-12-23(30-2)25-26(24(17)31-3)33-15-32-25/h4-5,7,9,12,19,27-28H,6,8,10-11,13-15H2,1-3H3. The van der Waals surface area contributed by atoms with Crippen LogP contribution in [-0.2, 0) is 17.7 Å². The number of hydrogen-bond acceptors (Lipinski definition) is 7. The summed E-state index contributed by atoms with van der Waals surface area (Å²) in [5, 5.41) is 9.15. The van der Waals surface area contributed by atoms with E-state index in [9.17, 15) is 0 Å². The predicted molar refractivity (Wildman–Crippen MR) is 131 cm³/mol. The third-order valence-electron chi connectivity index (χ3n) is 6.44. The lowest BCUT2D eigenvalue weighted by atomic mass is 10.0. The number of para-hydroxylation sites is 1. The minimum absolute atomic E-state index is 0.0513. The van der Waals surface area contributed by atoms with Crippen LogP contribution < -0.4 is 24.3 Å². The van der Waals surface area contributed by atoms with Crippen LogP contribution in [0.4, 0.5) is 0 Å². The quantitative estimate of drug-likeness (QED) is 0.438. The molecule has 5 rings (SSSR count). The van der Waals surface area contributed by atoms with Crippen LogP contribution in [0.2, 0.25) is 0 Å². The largest absolute Gasteiger partial charge is 0.493 e. The van der Waals surface area contributed by atoms with Gasteiger partial charge in [0.2, 0.25) is 18.3 Å². The molecule has 3 aromatic rings. The van der Waals surface area contributed by atoms with Crippen LogP contribution >= 0.6 is 0 Å². The summed E-state index contributed by atoms with van der Waals surface area (Å²) in [5.74, 6) is 2.47. The molecule has 2 aromatic carbocycles. The molecule has 8 heteroatoms. The number of ether oxygens (including phenoxy) is 4. The Morgan fingerprint density at radius 3 is 2.85 bits per heavy atom. The topological polar surface area (TPSA) is 86.3 Å². The van der Waals surface area contributed by atoms with Crippen molar-refractivity contribution in [2.45, 2.75) is 38.7 Å². The van der Waals surface area contributed by atoms with E-state index in [2.05, 4.69) is 46.6 Å². The van der Waals surface area contributed by atoms with Gasteiger partial charge >= 0.3 is 0 Å². The van der Waals surface area contributed by atoms with E-state index in [1.165, 1.54) is 22.2 Å². The molecule has 180 valence electrons. The van der Waals surface area contributed by atoms with Crippen LogP contribution in [0.15, 0.2) is 35.5 Å². The van der Waals surface area contributed by atoms with Crippen molar-refractivity contribution >= 4 is 16.6 Å². The maximum atomic E-state index is 5.72. The smallest absolute Gasteiger partial charge is 0.231 e. The van der Waals surface area contributed by atoms with E-state index in [4.69, 9.17) is 23.8 Å². The van der Waals surface area contributed by atoms with Gasteiger partial charge in [0.15, 0.2) is 11.5 Å². The van der Waals surface area contributed by atoms with E-state index >= 15 is 0 Å². The molecule has 2 N–H and O–H groups in total. The van der Waals surface area contributed by atoms with Gasteiger partial charge in [-0.1, -0.05) is 23.4 Å². The summed E-state index contributed by atoms with van der Waals surface area (Å²) in [5.41, 5.74) is 5.86. The lowest BCUT2D eigenvalue weighted by Crippen LogP contribution is -2.24. The van der Waals surface area contributed by atoms with Gasteiger partial charge in [0.1, 0.15) is 6.10 Å². The van der Waals surface area contributed by atoms with Gasteiger partial charge in [0, 0.05) is 41.5 Å². The lowest BCUT2D eigenvalue weighted by molar-refractivity contribution is 0.0853. The summed E-state index contributed by atoms with van der Waals surface area (Å²) >= 11 is 0. The number of nitrogens with one attached hydrogen (secondary N) is 2. The highest BCUT2D eigenvalue weighted by Gasteiger charge is 2.30. The number of nitrogens with zero attached hydrogens (tertiary/aromatic N) is 1. The SMILES string of the molecule is COc1cc(CC2CC(CNCCCc3c(C)[nH]c4ccccc34)=NO2)c(OC)c2c1OCO2. The molecule has 2 aliphatic rings. The first-order valence-electron chi connectivity index (χ1n) is 11.7. The van der Waals surface area contributed by atoms with E-state index in [1.54, 1.807) is 14.2 Å². The molecule has 0 fully saturated rings. The monoisotopic (exact) mass is 465 g/mol. The van der Waals surface area contributed by atoms with Gasteiger partial charge in [-0.25, -0.2) is 0 Å². The van der Waals surface area contributed by atoms with Crippen molar-refractivity contribution in [2.24, 2.45) is 5.16 Å². The van der Waals surface area contributed by atoms with Crippen molar-refractivity contribution in [3.63, 3.8) is 0 Å². The number of H-pyrrole nitrogens is 1. The fourth-order valence-corrected chi connectivity index (χ4v) is 4.82. The van der Waals surface area contributed by atoms with Crippen molar-refractivity contribution in [1.82, 2.24) is 10.3 Å². The van der Waals surface area contributed by atoms with Gasteiger partial charge in [-0.05, 0) is 44.0 Å². The molecule has 2 aliphatic heterocycles. The van der Waals surface area contributed by atoms with Gasteiger partial charge < -0.3 is 34.1 Å². The molecule has 0 spiro atoms. The van der Waals surface area contributed by atoms with Crippen LogP contribution in [0.5, 0.6) is 23.0 Å². The normalized spacial score (nSPS) is 16.6. The Kier molecular flexibility index (Phi) is 6.49. The molecule has 1 aromatic heterocycles. The number of benzene rings is 2. The summed E-state index contributed by atoms with van der Waals surface area (Å²) in [6, 6.07) is 10.4. The molecule has 34 heavy (non-hydrogen) atoms. The highest BCUT2D eigenvalue weighted by Crippen LogP contribution is 2.50. The third kappa shape index (κ3) is 4.37. The van der Waals surface area contributed by atoms with Crippen LogP contribution in [0.25, 0.3) is 10.9 Å². The first-order chi connectivity index (χ1) is 16.7. The summed E-state index contributed by atoms with van der Waals surface area (Å²) in [6.07, 6.45) is 3.47. The zero-order chi connectivity index (χ0) is 23.5. The molecule has 0 saturated carbocycles. The second-order valence-corrected chi connectivity index (χ2v) is 8.68. The molecule has 0 aliphatic carbocycles. The number of rotatable bonds is 10. The Bertz CT molecular complexity index is 1200. The lowest BCUT2D eigenvalue weighted by Gasteiger charge is -2.15. The van der Waals surface area contributed by atoms with Crippen molar-refractivity contribution in [1.29, 1.82) is 0 Å². The van der Waals surface area contributed by atoms with Crippen LogP contribution in [0.1, 0.15) is 29.7 Å². The summed E-state index contributed by atoms with van der Waals surface area (Å²) in [7, 11) is 3.25. The van der Waals surface area contributed by atoms with Crippen molar-refractivity contribution in [3.05, 3.63) is 47.2 Å². The Morgan fingerprint density at radius 1 is 1.15 bits per heavy atom. The number of methoxy groups -OCH3 is 2. The van der Waals surface area contributed by atoms with E-state index in [0.717, 1.165) is 43.6 Å². The third-order valence-corrected chi connectivity index (χ3v) is 6.44. The molecule has 0 radical (unpaired) electrons. The van der Waals surface area contributed by atoms with Crippen LogP contribution in [-0.4, -0.2) is 50.9 Å². The number of aromatic nitrogens is 1. The first-order valence-corrected chi connectivity index (χ1v) is 11.7. The first kappa shape index (κ1) is 22.4. The summed E-state index contributed by atoms with van der Waals surface area (Å²) < 4.78 is 22.2. The molecule has 0 bridgehead atoms. The Balaban J connectivity index is 1.11. The molecule has 8 nitrogen and oxygen atoms in total. The number of hydrogen-bond donors (Lipinski definition) is 2. The van der Waals surface area contributed by atoms with Gasteiger partial charge in [-0.15, -0.1) is 0 Å². The highest BCUT2D eigenvalue weighted by atomic mass is 16.7. The average Bonchev–Trinajstić information content (AvgIpc) is 3.57. The van der Waals surface area contributed by atoms with E-state index < -0.39 is 0 Å². The zero-order valence-electron chi connectivity index (χ0n) is 19.9. The van der Waals surface area contributed by atoms with Crippen molar-refractivity contribution in [2.75, 3.05) is 34.1 Å². The highest BCUT2D eigenvalue weighted by molar-refractivity contribution is 5.87. The molecule has 0 amide bonds. The molecule has 0 saturated heterocycles. The number of aryl methyl sites for hydroxylation is 2. The minimum Gasteiger partial charge on any atom is -0.493 e. The summed E-state index contributed by atoms with van der Waals surface area (Å²) in [6.45, 7) is 3.96. The van der Waals surface area contributed by atoms with Crippen molar-refractivity contribution in [3.8, 4) is 23.0 Å². The predicted octanol–water partition coefficient (Wildman–Crippen LogP) is 4.13. The van der Waals surface area contributed by atoms with E-state index in [-0.39, 0.29) is 12.9 Å². The van der Waals surface area contributed by atoms with E-state index in [1.807, 2.05) is 6.07 Å². The second kappa shape index (κ2) is 9.85. The molecular formula is C26H31N3O5. The maximum absolute atomic E-state index is 5.72. The fraction of sp³-hybridized carbons (Fsp3) is 0.423. The van der Waals surface area contributed by atoms with Gasteiger partial charge in [-0.3, -0.25) is 0 Å². The Morgan fingerprint density at radius 2 is 2.00 bits per heavy atom. The maximum Gasteiger partial charge on any atom is 0.231 e. The second-order valence-electron chi connectivity index (χ2n) is 8.68. The van der Waals surface area contributed by atoms with Crippen molar-refractivity contribution < 1.29 is 23.8 Å². The molecule has 3 heterocycles. The molecule has 1 unspecified atom stereocenters. The zero-order valence-corrected chi connectivity index (χ0v) is 19.9. The molecular weight excluding hydrogens is 434 g/mol. The summed E-state index contributed by atoms with van der Waals surface area (Å²) in [4.78, 5) is 9.20.